The van der Waals surface area contributed by atoms with Crippen LogP contribution in [0.5, 0.6) is 5.75 Å². The molecule has 1 aromatic rings. The first-order valence-electron chi connectivity index (χ1n) is 5.25. The molecule has 1 atom stereocenters. The van der Waals surface area contributed by atoms with Gasteiger partial charge in [-0.3, -0.25) is 4.79 Å². The Labute approximate surface area is 98.4 Å². The van der Waals surface area contributed by atoms with Crippen molar-refractivity contribution in [3.63, 3.8) is 0 Å². The molecule has 0 N–H and O–H groups in total. The number of benzene rings is 1. The minimum absolute atomic E-state index is 0.135. The van der Waals surface area contributed by atoms with Crippen LogP contribution in [0.15, 0.2) is 18.2 Å². The Kier molecular flexibility index (Phi) is 2.89. The van der Waals surface area contributed by atoms with Crippen LogP contribution in [0.1, 0.15) is 25.3 Å². The van der Waals surface area contributed by atoms with E-state index < -0.39 is 5.06 Å². The molecule has 1 heterocycles. The third kappa shape index (κ3) is 1.92. The molecule has 1 aliphatic rings. The van der Waals surface area contributed by atoms with Gasteiger partial charge in [0.15, 0.2) is 5.78 Å². The number of hydrogen-bond acceptors (Lipinski definition) is 2. The van der Waals surface area contributed by atoms with Gasteiger partial charge in [-0.15, -0.1) is 0 Å². The molecule has 0 fully saturated rings. The van der Waals surface area contributed by atoms with E-state index in [0.717, 1.165) is 5.56 Å². The predicted octanol–water partition coefficient (Wildman–Crippen LogP) is 3.06. The number of hydrogen-bond donors (Lipinski definition) is 0. The lowest BCUT2D eigenvalue weighted by Gasteiger charge is -2.32. The van der Waals surface area contributed by atoms with Gasteiger partial charge in [-0.1, -0.05) is 18.5 Å². The molecule has 0 aliphatic carbocycles. The second-order valence-electron chi connectivity index (χ2n) is 3.86. The highest BCUT2D eigenvalue weighted by atomic mass is 35.5. The summed E-state index contributed by atoms with van der Waals surface area (Å²) >= 11 is 6.13. The van der Waals surface area contributed by atoms with Gasteiger partial charge in [0.1, 0.15) is 11.6 Å². The summed E-state index contributed by atoms with van der Waals surface area (Å²) in [4.78, 5) is 11.6. The summed E-state index contributed by atoms with van der Waals surface area (Å²) in [6, 6.07) is 4.24. The van der Waals surface area contributed by atoms with Gasteiger partial charge in [0, 0.05) is 12.8 Å². The van der Waals surface area contributed by atoms with E-state index in [0.29, 0.717) is 25.0 Å². The number of carbonyl (C=O) groups excluding carboxylic acids is 1. The smallest absolute Gasteiger partial charge is 0.240 e. The SMILES string of the molecule is CCC(=O)[C@@]1(Cl)CCc2cc(F)ccc2O1. The van der Waals surface area contributed by atoms with E-state index in [-0.39, 0.29) is 11.6 Å². The molecule has 4 heteroatoms. The standard InChI is InChI=1S/C12H12ClFO2/c1-2-11(15)12(13)6-5-8-7-9(14)3-4-10(8)16-12/h3-4,7H,2,5-6H2,1H3/t12-/m1/s1. The van der Waals surface area contributed by atoms with Crippen molar-refractivity contribution < 1.29 is 13.9 Å². The van der Waals surface area contributed by atoms with E-state index in [1.807, 2.05) is 0 Å². The summed E-state index contributed by atoms with van der Waals surface area (Å²) in [5.41, 5.74) is 0.764. The van der Waals surface area contributed by atoms with Crippen molar-refractivity contribution >= 4 is 17.4 Å². The second kappa shape index (κ2) is 4.06. The Balaban J connectivity index is 2.30. The predicted molar refractivity (Wildman–Crippen MR) is 59.2 cm³/mol. The van der Waals surface area contributed by atoms with Crippen LogP contribution in [-0.4, -0.2) is 10.8 Å². The third-order valence-electron chi connectivity index (χ3n) is 2.75. The molecule has 1 aromatic carbocycles. The molecule has 0 saturated carbocycles. The Morgan fingerprint density at radius 2 is 2.38 bits per heavy atom. The first-order chi connectivity index (χ1) is 7.55. The van der Waals surface area contributed by atoms with E-state index in [9.17, 15) is 9.18 Å². The van der Waals surface area contributed by atoms with Gasteiger partial charge in [0.05, 0.1) is 0 Å². The number of carbonyl (C=O) groups is 1. The van der Waals surface area contributed by atoms with Gasteiger partial charge in [0.2, 0.25) is 5.06 Å². The fourth-order valence-electron chi connectivity index (χ4n) is 1.82. The molecule has 1 aliphatic heterocycles. The molecule has 0 amide bonds. The zero-order valence-corrected chi connectivity index (χ0v) is 9.68. The first-order valence-corrected chi connectivity index (χ1v) is 5.62. The maximum Gasteiger partial charge on any atom is 0.240 e. The van der Waals surface area contributed by atoms with E-state index in [1.165, 1.54) is 18.2 Å². The lowest BCUT2D eigenvalue weighted by atomic mass is 9.98. The van der Waals surface area contributed by atoms with Crippen LogP contribution in [0.4, 0.5) is 4.39 Å². The van der Waals surface area contributed by atoms with Gasteiger partial charge in [-0.2, -0.15) is 0 Å². The maximum atomic E-state index is 13.0. The van der Waals surface area contributed by atoms with Gasteiger partial charge in [-0.25, -0.2) is 4.39 Å². The van der Waals surface area contributed by atoms with Crippen molar-refractivity contribution in [2.45, 2.75) is 31.2 Å². The monoisotopic (exact) mass is 242 g/mol. The molecular weight excluding hydrogens is 231 g/mol. The molecule has 86 valence electrons. The second-order valence-corrected chi connectivity index (χ2v) is 4.47. The minimum Gasteiger partial charge on any atom is -0.464 e. The quantitative estimate of drug-likeness (QED) is 0.745. The number of fused-ring (bicyclic) bond motifs is 1. The van der Waals surface area contributed by atoms with Crippen LogP contribution in [-0.2, 0) is 11.2 Å². The number of ketones is 1. The number of halogens is 2. The molecular formula is C12H12ClFO2. The van der Waals surface area contributed by atoms with Crippen LogP contribution in [0.25, 0.3) is 0 Å². The molecule has 0 bridgehead atoms. The highest BCUT2D eigenvalue weighted by molar-refractivity contribution is 6.34. The normalized spacial score (nSPS) is 23.4. The van der Waals surface area contributed by atoms with E-state index >= 15 is 0 Å². The number of ether oxygens (including phenoxy) is 1. The van der Waals surface area contributed by atoms with E-state index in [1.54, 1.807) is 6.92 Å². The zero-order valence-electron chi connectivity index (χ0n) is 8.93. The summed E-state index contributed by atoms with van der Waals surface area (Å²) in [5.74, 6) is 0.0693. The zero-order chi connectivity index (χ0) is 11.8. The van der Waals surface area contributed by atoms with Crippen molar-refractivity contribution in [3.05, 3.63) is 29.6 Å². The molecule has 0 radical (unpaired) electrons. The number of Topliss-reactive ketones (excluding diaryl/α,β-unsaturated/α-hetero) is 1. The fraction of sp³-hybridized carbons (Fsp3) is 0.417. The molecule has 0 spiro atoms. The molecule has 16 heavy (non-hydrogen) atoms. The molecule has 0 unspecified atom stereocenters. The summed E-state index contributed by atoms with van der Waals surface area (Å²) in [6.45, 7) is 1.75. The fourth-order valence-corrected chi connectivity index (χ4v) is 2.14. The van der Waals surface area contributed by atoms with Gasteiger partial charge in [-0.05, 0) is 30.2 Å². The molecule has 0 saturated heterocycles. The Bertz CT molecular complexity index is 433. The third-order valence-corrected chi connectivity index (χ3v) is 3.22. The molecule has 2 nitrogen and oxygen atoms in total. The maximum absolute atomic E-state index is 13.0. The van der Waals surface area contributed by atoms with Crippen molar-refractivity contribution in [3.8, 4) is 5.75 Å². The van der Waals surface area contributed by atoms with Crippen LogP contribution >= 0.6 is 11.6 Å². The van der Waals surface area contributed by atoms with Gasteiger partial charge >= 0.3 is 0 Å². The van der Waals surface area contributed by atoms with Crippen LogP contribution in [0, 0.1) is 5.82 Å². The van der Waals surface area contributed by atoms with E-state index in [4.69, 9.17) is 16.3 Å². The first kappa shape index (κ1) is 11.4. The van der Waals surface area contributed by atoms with Crippen LogP contribution < -0.4 is 4.74 Å². The highest BCUT2D eigenvalue weighted by Crippen LogP contribution is 2.37. The average Bonchev–Trinajstić information content (AvgIpc) is 2.28. The van der Waals surface area contributed by atoms with Gasteiger partial charge < -0.3 is 4.74 Å². The topological polar surface area (TPSA) is 26.3 Å². The number of rotatable bonds is 2. The summed E-state index contributed by atoms with van der Waals surface area (Å²) in [7, 11) is 0. The Morgan fingerprint density at radius 1 is 1.62 bits per heavy atom. The summed E-state index contributed by atoms with van der Waals surface area (Å²) in [5, 5.41) is -1.26. The number of aryl methyl sites for hydroxylation is 1. The molecule has 0 aromatic heterocycles. The van der Waals surface area contributed by atoms with E-state index in [2.05, 4.69) is 0 Å². The van der Waals surface area contributed by atoms with Gasteiger partial charge in [0.25, 0.3) is 0 Å². The average molecular weight is 243 g/mol. The van der Waals surface area contributed by atoms with Crippen molar-refractivity contribution in [1.29, 1.82) is 0 Å². The Hall–Kier alpha value is -1.09. The van der Waals surface area contributed by atoms with Crippen molar-refractivity contribution in [2.24, 2.45) is 0 Å². The highest BCUT2D eigenvalue weighted by Gasteiger charge is 2.40. The van der Waals surface area contributed by atoms with Crippen molar-refractivity contribution in [1.82, 2.24) is 0 Å². The van der Waals surface area contributed by atoms with Crippen LogP contribution in [0.2, 0.25) is 0 Å². The lowest BCUT2D eigenvalue weighted by Crippen LogP contribution is -2.41. The number of alkyl halides is 1. The summed E-state index contributed by atoms with van der Waals surface area (Å²) < 4.78 is 18.4. The van der Waals surface area contributed by atoms with Crippen LogP contribution in [0.3, 0.4) is 0 Å². The Morgan fingerprint density at radius 3 is 3.06 bits per heavy atom. The summed E-state index contributed by atoms with van der Waals surface area (Å²) in [6.07, 6.45) is 1.28. The van der Waals surface area contributed by atoms with Crippen molar-refractivity contribution in [2.75, 3.05) is 0 Å². The lowest BCUT2D eigenvalue weighted by molar-refractivity contribution is -0.129. The molecule has 2 rings (SSSR count). The largest absolute Gasteiger partial charge is 0.464 e. The minimum atomic E-state index is -1.26.